The second-order valence-electron chi connectivity index (χ2n) is 6.37. The summed E-state index contributed by atoms with van der Waals surface area (Å²) in [5, 5.41) is 6.22. The SMILES string of the molecule is Cc1cccc([C@@H](C)NCCCNC(=O)OC(C)(C)C)c1. The maximum atomic E-state index is 11.5. The van der Waals surface area contributed by atoms with E-state index >= 15 is 0 Å². The molecule has 0 fully saturated rings. The lowest BCUT2D eigenvalue weighted by Crippen LogP contribution is -2.34. The van der Waals surface area contributed by atoms with Crippen LogP contribution >= 0.6 is 0 Å². The molecule has 21 heavy (non-hydrogen) atoms. The summed E-state index contributed by atoms with van der Waals surface area (Å²) in [6, 6.07) is 8.81. The summed E-state index contributed by atoms with van der Waals surface area (Å²) in [5.41, 5.74) is 2.12. The second-order valence-corrected chi connectivity index (χ2v) is 6.37. The molecule has 0 spiro atoms. The van der Waals surface area contributed by atoms with E-state index in [0.29, 0.717) is 12.6 Å². The molecule has 1 aromatic rings. The Labute approximate surface area is 128 Å². The first-order chi connectivity index (χ1) is 9.78. The molecule has 1 amide bonds. The van der Waals surface area contributed by atoms with Crippen molar-refractivity contribution in [2.45, 2.75) is 52.7 Å². The maximum Gasteiger partial charge on any atom is 0.407 e. The zero-order chi connectivity index (χ0) is 15.9. The van der Waals surface area contributed by atoms with Gasteiger partial charge in [-0.15, -0.1) is 0 Å². The van der Waals surface area contributed by atoms with E-state index in [4.69, 9.17) is 4.74 Å². The summed E-state index contributed by atoms with van der Waals surface area (Å²) >= 11 is 0. The van der Waals surface area contributed by atoms with Crippen LogP contribution in [0.15, 0.2) is 24.3 Å². The van der Waals surface area contributed by atoms with Gasteiger partial charge in [-0.25, -0.2) is 4.79 Å². The van der Waals surface area contributed by atoms with Gasteiger partial charge in [0.05, 0.1) is 0 Å². The molecule has 4 heteroatoms. The monoisotopic (exact) mass is 292 g/mol. The number of nitrogens with one attached hydrogen (secondary N) is 2. The second kappa shape index (κ2) is 8.03. The highest BCUT2D eigenvalue weighted by molar-refractivity contribution is 5.67. The fourth-order valence-corrected chi connectivity index (χ4v) is 1.97. The highest BCUT2D eigenvalue weighted by atomic mass is 16.6. The maximum absolute atomic E-state index is 11.5. The van der Waals surface area contributed by atoms with Crippen molar-refractivity contribution >= 4 is 6.09 Å². The van der Waals surface area contributed by atoms with Crippen LogP contribution in [0.2, 0.25) is 0 Å². The van der Waals surface area contributed by atoms with Crippen LogP contribution in [0.25, 0.3) is 0 Å². The van der Waals surface area contributed by atoms with Crippen molar-refractivity contribution in [2.24, 2.45) is 0 Å². The van der Waals surface area contributed by atoms with E-state index in [0.717, 1.165) is 13.0 Å². The van der Waals surface area contributed by atoms with E-state index in [1.165, 1.54) is 11.1 Å². The number of aryl methyl sites for hydroxylation is 1. The van der Waals surface area contributed by atoms with Gasteiger partial charge in [-0.05, 0) is 53.1 Å². The molecule has 118 valence electrons. The van der Waals surface area contributed by atoms with Crippen LogP contribution in [-0.4, -0.2) is 24.8 Å². The minimum absolute atomic E-state index is 0.312. The van der Waals surface area contributed by atoms with Crippen LogP contribution in [0.4, 0.5) is 4.79 Å². The molecule has 0 saturated heterocycles. The van der Waals surface area contributed by atoms with Gasteiger partial charge in [0.25, 0.3) is 0 Å². The number of carbonyl (C=O) groups is 1. The summed E-state index contributed by atoms with van der Waals surface area (Å²) in [5.74, 6) is 0. The Morgan fingerprint density at radius 1 is 1.29 bits per heavy atom. The van der Waals surface area contributed by atoms with Crippen molar-refractivity contribution in [1.82, 2.24) is 10.6 Å². The number of ether oxygens (including phenoxy) is 1. The van der Waals surface area contributed by atoms with Gasteiger partial charge in [-0.3, -0.25) is 0 Å². The van der Waals surface area contributed by atoms with Crippen molar-refractivity contribution < 1.29 is 9.53 Å². The Bertz CT molecular complexity index is 452. The van der Waals surface area contributed by atoms with Gasteiger partial charge in [-0.1, -0.05) is 29.8 Å². The Hall–Kier alpha value is -1.55. The number of hydrogen-bond donors (Lipinski definition) is 2. The summed E-state index contributed by atoms with van der Waals surface area (Å²) in [7, 11) is 0. The lowest BCUT2D eigenvalue weighted by molar-refractivity contribution is 0.0527. The third kappa shape index (κ3) is 7.71. The number of alkyl carbamates (subject to hydrolysis) is 1. The predicted octanol–water partition coefficient (Wildman–Crippen LogP) is 3.56. The molecule has 0 saturated carbocycles. The zero-order valence-corrected chi connectivity index (χ0v) is 13.8. The average molecular weight is 292 g/mol. The van der Waals surface area contributed by atoms with Crippen LogP contribution in [-0.2, 0) is 4.74 Å². The summed E-state index contributed by atoms with van der Waals surface area (Å²) in [6.45, 7) is 11.3. The molecule has 1 atom stereocenters. The topological polar surface area (TPSA) is 50.4 Å². The van der Waals surface area contributed by atoms with Gasteiger partial charge in [0.2, 0.25) is 0 Å². The van der Waals surface area contributed by atoms with E-state index in [2.05, 4.69) is 48.7 Å². The Kier molecular flexibility index (Phi) is 6.69. The smallest absolute Gasteiger partial charge is 0.407 e. The van der Waals surface area contributed by atoms with E-state index in [1.807, 2.05) is 20.8 Å². The third-order valence-electron chi connectivity index (χ3n) is 3.01. The third-order valence-corrected chi connectivity index (χ3v) is 3.01. The zero-order valence-electron chi connectivity index (χ0n) is 13.8. The minimum Gasteiger partial charge on any atom is -0.444 e. The normalized spacial score (nSPS) is 12.8. The Morgan fingerprint density at radius 2 is 2.00 bits per heavy atom. The molecule has 0 radical (unpaired) electrons. The van der Waals surface area contributed by atoms with Crippen molar-refractivity contribution in [3.05, 3.63) is 35.4 Å². The van der Waals surface area contributed by atoms with E-state index in [1.54, 1.807) is 0 Å². The fourth-order valence-electron chi connectivity index (χ4n) is 1.97. The molecular formula is C17H28N2O2. The number of carbonyl (C=O) groups excluding carboxylic acids is 1. The quantitative estimate of drug-likeness (QED) is 0.788. The molecule has 0 aliphatic rings. The number of hydrogen-bond acceptors (Lipinski definition) is 3. The number of amides is 1. The number of rotatable bonds is 6. The molecule has 4 nitrogen and oxygen atoms in total. The van der Waals surface area contributed by atoms with Crippen LogP contribution in [0.3, 0.4) is 0 Å². The first-order valence-electron chi connectivity index (χ1n) is 7.55. The minimum atomic E-state index is -0.442. The molecule has 0 aromatic heterocycles. The largest absolute Gasteiger partial charge is 0.444 e. The molecule has 1 aromatic carbocycles. The van der Waals surface area contributed by atoms with E-state index in [9.17, 15) is 4.79 Å². The van der Waals surface area contributed by atoms with Gasteiger partial charge in [0, 0.05) is 12.6 Å². The van der Waals surface area contributed by atoms with Gasteiger partial charge in [0.1, 0.15) is 5.60 Å². The summed E-state index contributed by atoms with van der Waals surface area (Å²) in [4.78, 5) is 11.5. The lowest BCUT2D eigenvalue weighted by Gasteiger charge is -2.20. The van der Waals surface area contributed by atoms with E-state index in [-0.39, 0.29) is 6.09 Å². The predicted molar refractivity (Wildman–Crippen MR) is 86.5 cm³/mol. The molecular weight excluding hydrogens is 264 g/mol. The van der Waals surface area contributed by atoms with Gasteiger partial charge in [-0.2, -0.15) is 0 Å². The van der Waals surface area contributed by atoms with Gasteiger partial charge < -0.3 is 15.4 Å². The van der Waals surface area contributed by atoms with Crippen LogP contribution in [0, 0.1) is 6.92 Å². The summed E-state index contributed by atoms with van der Waals surface area (Å²) < 4.78 is 5.18. The Balaban J connectivity index is 2.18. The lowest BCUT2D eigenvalue weighted by atomic mass is 10.1. The van der Waals surface area contributed by atoms with Gasteiger partial charge >= 0.3 is 6.09 Å². The van der Waals surface area contributed by atoms with Crippen LogP contribution < -0.4 is 10.6 Å². The van der Waals surface area contributed by atoms with Gasteiger partial charge in [0.15, 0.2) is 0 Å². The standard InChI is InChI=1S/C17H28N2O2/c1-13-8-6-9-15(12-13)14(2)18-10-7-11-19-16(20)21-17(3,4)5/h6,8-9,12,14,18H,7,10-11H2,1-5H3,(H,19,20)/t14-/m1/s1. The van der Waals surface area contributed by atoms with Crippen molar-refractivity contribution in [2.75, 3.05) is 13.1 Å². The van der Waals surface area contributed by atoms with Crippen molar-refractivity contribution in [1.29, 1.82) is 0 Å². The van der Waals surface area contributed by atoms with Crippen molar-refractivity contribution in [3.8, 4) is 0 Å². The highest BCUT2D eigenvalue weighted by Gasteiger charge is 2.15. The average Bonchev–Trinajstić information content (AvgIpc) is 2.36. The molecule has 0 heterocycles. The van der Waals surface area contributed by atoms with Crippen LogP contribution in [0.5, 0.6) is 0 Å². The highest BCUT2D eigenvalue weighted by Crippen LogP contribution is 2.13. The molecule has 2 N–H and O–H groups in total. The molecule has 0 aliphatic heterocycles. The molecule has 1 rings (SSSR count). The summed E-state index contributed by atoms with van der Waals surface area (Å²) in [6.07, 6.45) is 0.518. The van der Waals surface area contributed by atoms with Crippen LogP contribution in [0.1, 0.15) is 51.3 Å². The van der Waals surface area contributed by atoms with Crippen molar-refractivity contribution in [3.63, 3.8) is 0 Å². The molecule has 0 unspecified atom stereocenters. The number of benzene rings is 1. The molecule has 0 bridgehead atoms. The first-order valence-corrected chi connectivity index (χ1v) is 7.55. The fraction of sp³-hybridized carbons (Fsp3) is 0.588. The van der Waals surface area contributed by atoms with E-state index < -0.39 is 5.60 Å². The molecule has 0 aliphatic carbocycles. The first kappa shape index (κ1) is 17.5. The Morgan fingerprint density at radius 3 is 2.62 bits per heavy atom.